The summed E-state index contributed by atoms with van der Waals surface area (Å²) < 4.78 is 9.66. The lowest BCUT2D eigenvalue weighted by Gasteiger charge is -2.07. The summed E-state index contributed by atoms with van der Waals surface area (Å²) in [6, 6.07) is 8.23. The Balaban J connectivity index is 1.57. The zero-order valence-electron chi connectivity index (χ0n) is 13.3. The van der Waals surface area contributed by atoms with Gasteiger partial charge in [0.25, 0.3) is 0 Å². The first-order chi connectivity index (χ1) is 12.4. The lowest BCUT2D eigenvalue weighted by atomic mass is 10.1. The first-order valence-electron chi connectivity index (χ1n) is 8.39. The highest BCUT2D eigenvalue weighted by atomic mass is 16.5. The number of imidazole rings is 2. The Kier molecular flexibility index (Phi) is 2.44. The summed E-state index contributed by atoms with van der Waals surface area (Å²) >= 11 is 0. The number of rotatable bonds is 2. The van der Waals surface area contributed by atoms with E-state index in [1.54, 1.807) is 0 Å². The number of hydrogen-bond donors (Lipinski definition) is 0. The predicted octanol–water partition coefficient (Wildman–Crippen LogP) is 3.02. The normalized spacial score (nSPS) is 15.4. The molecule has 7 nitrogen and oxygen atoms in total. The van der Waals surface area contributed by atoms with Crippen molar-refractivity contribution in [2.24, 2.45) is 0 Å². The van der Waals surface area contributed by atoms with E-state index in [1.807, 2.05) is 30.9 Å². The van der Waals surface area contributed by atoms with Gasteiger partial charge in [0.1, 0.15) is 17.8 Å². The van der Waals surface area contributed by atoms with Crippen LogP contribution in [0.4, 0.5) is 0 Å². The van der Waals surface area contributed by atoms with Gasteiger partial charge in [0.2, 0.25) is 11.7 Å². The summed E-state index contributed by atoms with van der Waals surface area (Å²) in [6.07, 6.45) is 7.92. The third-order valence-corrected chi connectivity index (χ3v) is 4.89. The Bertz CT molecular complexity index is 1100. The van der Waals surface area contributed by atoms with E-state index in [0.717, 1.165) is 47.2 Å². The first-order valence-corrected chi connectivity index (χ1v) is 8.39. The minimum Gasteiger partial charge on any atom is -0.339 e. The number of hydrogen-bond acceptors (Lipinski definition) is 5. The van der Waals surface area contributed by atoms with Crippen LogP contribution in [-0.4, -0.2) is 29.2 Å². The van der Waals surface area contributed by atoms with Gasteiger partial charge < -0.3 is 9.09 Å². The molecule has 0 spiro atoms. The number of aromatic nitrogens is 6. The maximum absolute atomic E-state index is 5.43. The summed E-state index contributed by atoms with van der Waals surface area (Å²) in [5, 5.41) is 4.17. The van der Waals surface area contributed by atoms with Gasteiger partial charge in [0.05, 0.1) is 17.9 Å². The fraction of sp³-hybridized carbons (Fsp3) is 0.222. The lowest BCUT2D eigenvalue weighted by molar-refractivity contribution is 0.380. The van der Waals surface area contributed by atoms with Gasteiger partial charge in [0, 0.05) is 23.9 Å². The zero-order chi connectivity index (χ0) is 16.4. The average molecular weight is 330 g/mol. The SMILES string of the molecule is c1ccc2c(c1)-c1nccn1Cc1c(-c3noc(C4CC4)n3)ncn1-2. The Labute approximate surface area is 143 Å². The van der Waals surface area contributed by atoms with Gasteiger partial charge in [0.15, 0.2) is 0 Å². The van der Waals surface area contributed by atoms with E-state index >= 15 is 0 Å². The second kappa shape index (κ2) is 4.66. The van der Waals surface area contributed by atoms with Crippen LogP contribution in [0.25, 0.3) is 28.6 Å². The molecule has 6 rings (SSSR count). The highest BCUT2D eigenvalue weighted by molar-refractivity contribution is 5.71. The van der Waals surface area contributed by atoms with Crippen LogP contribution in [-0.2, 0) is 6.54 Å². The second-order valence-corrected chi connectivity index (χ2v) is 6.54. The largest absolute Gasteiger partial charge is 0.339 e. The molecule has 4 aromatic rings. The third-order valence-electron chi connectivity index (χ3n) is 4.89. The summed E-state index contributed by atoms with van der Waals surface area (Å²) in [5.41, 5.74) is 3.95. The van der Waals surface area contributed by atoms with Gasteiger partial charge in [-0.1, -0.05) is 17.3 Å². The van der Waals surface area contributed by atoms with Crippen molar-refractivity contribution in [2.45, 2.75) is 25.3 Å². The zero-order valence-corrected chi connectivity index (χ0v) is 13.3. The summed E-state index contributed by atoms with van der Waals surface area (Å²) in [7, 11) is 0. The molecule has 122 valence electrons. The number of para-hydroxylation sites is 1. The Hall–Kier alpha value is -3.22. The van der Waals surface area contributed by atoms with Gasteiger partial charge in [-0.15, -0.1) is 0 Å². The van der Waals surface area contributed by atoms with Crippen molar-refractivity contribution >= 4 is 0 Å². The fourth-order valence-corrected chi connectivity index (χ4v) is 3.46. The number of benzene rings is 1. The Morgan fingerprint density at radius 1 is 1.12 bits per heavy atom. The van der Waals surface area contributed by atoms with Crippen LogP contribution in [0.5, 0.6) is 0 Å². The van der Waals surface area contributed by atoms with Crippen molar-refractivity contribution < 1.29 is 4.52 Å². The van der Waals surface area contributed by atoms with Crippen LogP contribution in [0.1, 0.15) is 30.3 Å². The minimum absolute atomic E-state index is 0.434. The lowest BCUT2D eigenvalue weighted by Crippen LogP contribution is -2.03. The molecule has 1 aliphatic heterocycles. The molecule has 2 aliphatic rings. The standard InChI is InChI=1S/C18H14N6O/c1-2-4-13-12(3-1)17-19-7-8-23(17)9-14-15(20-10-24(13)14)16-21-18(25-22-16)11-5-6-11/h1-4,7-8,10-11H,5-6,9H2. The van der Waals surface area contributed by atoms with Crippen molar-refractivity contribution in [3.8, 4) is 28.6 Å². The van der Waals surface area contributed by atoms with Gasteiger partial charge in [-0.2, -0.15) is 4.98 Å². The topological polar surface area (TPSA) is 74.6 Å². The molecule has 4 heterocycles. The Morgan fingerprint density at radius 2 is 2.04 bits per heavy atom. The summed E-state index contributed by atoms with van der Waals surface area (Å²) in [5.74, 6) is 2.69. The van der Waals surface area contributed by atoms with Crippen molar-refractivity contribution in [2.75, 3.05) is 0 Å². The van der Waals surface area contributed by atoms with Crippen LogP contribution in [0.15, 0.2) is 47.5 Å². The molecule has 3 aromatic heterocycles. The second-order valence-electron chi connectivity index (χ2n) is 6.54. The van der Waals surface area contributed by atoms with Gasteiger partial charge in [-0.3, -0.25) is 4.57 Å². The van der Waals surface area contributed by atoms with Crippen LogP contribution in [0, 0.1) is 0 Å². The predicted molar refractivity (Wildman–Crippen MR) is 89.2 cm³/mol. The molecular formula is C18H14N6O. The maximum Gasteiger partial charge on any atom is 0.230 e. The molecule has 1 saturated carbocycles. The molecule has 0 unspecified atom stereocenters. The van der Waals surface area contributed by atoms with Crippen LogP contribution < -0.4 is 0 Å². The highest BCUT2D eigenvalue weighted by Crippen LogP contribution is 2.40. The molecule has 0 amide bonds. The van der Waals surface area contributed by atoms with E-state index in [-0.39, 0.29) is 0 Å². The number of fused-ring (bicyclic) bond motifs is 5. The van der Waals surface area contributed by atoms with Crippen molar-refractivity contribution in [1.82, 2.24) is 29.2 Å². The molecule has 1 aliphatic carbocycles. The third kappa shape index (κ3) is 1.86. The molecular weight excluding hydrogens is 316 g/mol. The van der Waals surface area contributed by atoms with Gasteiger partial charge >= 0.3 is 0 Å². The quantitative estimate of drug-likeness (QED) is 0.497. The summed E-state index contributed by atoms with van der Waals surface area (Å²) in [4.78, 5) is 13.7. The number of nitrogens with zero attached hydrogens (tertiary/aromatic N) is 6. The van der Waals surface area contributed by atoms with E-state index in [9.17, 15) is 0 Å². The molecule has 1 aromatic carbocycles. The average Bonchev–Trinajstić information content (AvgIpc) is 3.07. The van der Waals surface area contributed by atoms with Crippen LogP contribution >= 0.6 is 0 Å². The van der Waals surface area contributed by atoms with E-state index in [1.165, 1.54) is 0 Å². The van der Waals surface area contributed by atoms with Gasteiger partial charge in [-0.05, 0) is 25.0 Å². The van der Waals surface area contributed by atoms with E-state index in [4.69, 9.17) is 4.52 Å². The molecule has 0 bridgehead atoms. The van der Waals surface area contributed by atoms with E-state index in [2.05, 4.69) is 41.4 Å². The molecule has 0 atom stereocenters. The molecule has 7 heteroatoms. The Morgan fingerprint density at radius 3 is 2.96 bits per heavy atom. The van der Waals surface area contributed by atoms with E-state index in [0.29, 0.717) is 18.3 Å². The van der Waals surface area contributed by atoms with Crippen molar-refractivity contribution in [3.63, 3.8) is 0 Å². The first kappa shape index (κ1) is 13.1. The molecule has 25 heavy (non-hydrogen) atoms. The highest BCUT2D eigenvalue weighted by Gasteiger charge is 2.31. The molecule has 0 radical (unpaired) electrons. The molecule has 0 saturated heterocycles. The van der Waals surface area contributed by atoms with Crippen molar-refractivity contribution in [1.29, 1.82) is 0 Å². The molecule has 0 N–H and O–H groups in total. The monoisotopic (exact) mass is 330 g/mol. The van der Waals surface area contributed by atoms with Crippen molar-refractivity contribution in [3.05, 3.63) is 54.6 Å². The summed E-state index contributed by atoms with van der Waals surface area (Å²) in [6.45, 7) is 0.659. The van der Waals surface area contributed by atoms with Crippen LogP contribution in [0.3, 0.4) is 0 Å². The molecule has 1 fully saturated rings. The maximum atomic E-state index is 5.43. The van der Waals surface area contributed by atoms with Gasteiger partial charge in [-0.25, -0.2) is 9.97 Å². The van der Waals surface area contributed by atoms with Crippen LogP contribution in [0.2, 0.25) is 0 Å². The fourth-order valence-electron chi connectivity index (χ4n) is 3.46. The van der Waals surface area contributed by atoms with E-state index < -0.39 is 0 Å². The minimum atomic E-state index is 0.434. The smallest absolute Gasteiger partial charge is 0.230 e.